The van der Waals surface area contributed by atoms with E-state index in [1.165, 1.54) is 24.3 Å². The molecule has 118 valence electrons. The van der Waals surface area contributed by atoms with Gasteiger partial charge >= 0.3 is 6.18 Å². The van der Waals surface area contributed by atoms with Crippen molar-refractivity contribution in [2.45, 2.75) is 38.8 Å². The number of hydrogen-bond acceptors (Lipinski definition) is 0. The highest BCUT2D eigenvalue weighted by Gasteiger charge is 2.35. The van der Waals surface area contributed by atoms with E-state index >= 15 is 0 Å². The van der Waals surface area contributed by atoms with Crippen molar-refractivity contribution >= 4 is 0 Å². The lowest BCUT2D eigenvalue weighted by Gasteiger charge is -2.27. The second-order valence-corrected chi connectivity index (χ2v) is 5.86. The van der Waals surface area contributed by atoms with Gasteiger partial charge in [0.15, 0.2) is 0 Å². The third-order valence-corrected chi connectivity index (χ3v) is 4.06. The lowest BCUT2D eigenvalue weighted by atomic mass is 9.77. The van der Waals surface area contributed by atoms with Crippen molar-refractivity contribution in [1.29, 1.82) is 0 Å². The highest BCUT2D eigenvalue weighted by molar-refractivity contribution is 5.43. The molecule has 0 aliphatic heterocycles. The van der Waals surface area contributed by atoms with Crippen molar-refractivity contribution < 1.29 is 17.6 Å². The zero-order valence-electron chi connectivity index (χ0n) is 12.8. The maximum absolute atomic E-state index is 13.4. The third kappa shape index (κ3) is 3.16. The molecule has 0 N–H and O–H groups in total. The molecule has 2 aromatic carbocycles. The van der Waals surface area contributed by atoms with E-state index in [2.05, 4.69) is 0 Å². The summed E-state index contributed by atoms with van der Waals surface area (Å²) in [6, 6.07) is 10.4. The molecule has 0 saturated heterocycles. The predicted octanol–water partition coefficient (Wildman–Crippen LogP) is 5.73. The maximum atomic E-state index is 13.4. The number of hydrogen-bond donors (Lipinski definition) is 0. The molecule has 0 nitrogen and oxygen atoms in total. The molecule has 0 aromatic heterocycles. The summed E-state index contributed by atoms with van der Waals surface area (Å²) in [5.74, 6) is -0.396. The number of rotatable bonds is 3. The Bertz CT molecular complexity index is 669. The molecular formula is C18H18F4. The predicted molar refractivity (Wildman–Crippen MR) is 79.4 cm³/mol. The zero-order chi connectivity index (χ0) is 16.5. The number of aryl methyl sites for hydroxylation is 1. The Kier molecular flexibility index (Phi) is 4.32. The van der Waals surface area contributed by atoms with Gasteiger partial charge in [-0.15, -0.1) is 0 Å². The fourth-order valence-corrected chi connectivity index (χ4v) is 2.58. The first-order chi connectivity index (χ1) is 10.2. The monoisotopic (exact) mass is 310 g/mol. The molecule has 0 heterocycles. The van der Waals surface area contributed by atoms with Crippen molar-refractivity contribution in [3.05, 3.63) is 70.5 Å². The van der Waals surface area contributed by atoms with Crippen LogP contribution in [0.5, 0.6) is 0 Å². The molecule has 0 aliphatic rings. The molecule has 2 aromatic rings. The lowest BCUT2D eigenvalue weighted by Crippen LogP contribution is -2.21. The first-order valence-electron chi connectivity index (χ1n) is 7.13. The second kappa shape index (κ2) is 5.75. The van der Waals surface area contributed by atoms with Crippen LogP contribution >= 0.6 is 0 Å². The van der Waals surface area contributed by atoms with Gasteiger partial charge < -0.3 is 0 Å². The van der Waals surface area contributed by atoms with Crippen LogP contribution in [0.3, 0.4) is 0 Å². The van der Waals surface area contributed by atoms with Crippen LogP contribution in [-0.4, -0.2) is 0 Å². The molecular weight excluding hydrogens is 292 g/mol. The Labute approximate surface area is 127 Å². The topological polar surface area (TPSA) is 0 Å². The van der Waals surface area contributed by atoms with E-state index in [0.29, 0.717) is 17.5 Å². The van der Waals surface area contributed by atoms with Crippen LogP contribution in [0.25, 0.3) is 0 Å². The first kappa shape index (κ1) is 16.5. The number of benzene rings is 2. The quantitative estimate of drug-likeness (QED) is 0.635. The summed E-state index contributed by atoms with van der Waals surface area (Å²) in [7, 11) is 0. The largest absolute Gasteiger partial charge is 0.416 e. The summed E-state index contributed by atoms with van der Waals surface area (Å²) < 4.78 is 53.1. The van der Waals surface area contributed by atoms with E-state index in [4.69, 9.17) is 0 Å². The zero-order valence-corrected chi connectivity index (χ0v) is 12.8. The van der Waals surface area contributed by atoms with E-state index in [0.717, 1.165) is 0 Å². The van der Waals surface area contributed by atoms with Gasteiger partial charge in [-0.2, -0.15) is 13.2 Å². The van der Waals surface area contributed by atoms with Crippen molar-refractivity contribution in [2.75, 3.05) is 0 Å². The molecule has 4 heteroatoms. The molecule has 2 rings (SSSR count). The Balaban J connectivity index is 2.57. The van der Waals surface area contributed by atoms with Gasteiger partial charge in [0, 0.05) is 5.41 Å². The van der Waals surface area contributed by atoms with Crippen LogP contribution in [0, 0.1) is 5.82 Å². The van der Waals surface area contributed by atoms with Gasteiger partial charge in [-0.1, -0.05) is 45.0 Å². The van der Waals surface area contributed by atoms with Crippen molar-refractivity contribution in [3.8, 4) is 0 Å². The van der Waals surface area contributed by atoms with Crippen LogP contribution in [0.1, 0.15) is 43.0 Å². The molecule has 0 fully saturated rings. The minimum absolute atomic E-state index is 0.270. The van der Waals surface area contributed by atoms with Crippen LogP contribution in [-0.2, 0) is 18.0 Å². The van der Waals surface area contributed by atoms with Crippen molar-refractivity contribution in [1.82, 2.24) is 0 Å². The van der Waals surface area contributed by atoms with Crippen molar-refractivity contribution in [3.63, 3.8) is 0 Å². The highest BCUT2D eigenvalue weighted by Crippen LogP contribution is 2.38. The summed E-state index contributed by atoms with van der Waals surface area (Å²) in [6.07, 6.45) is -4.07. The molecule has 0 atom stereocenters. The molecule has 0 amide bonds. The minimum Gasteiger partial charge on any atom is -0.207 e. The van der Waals surface area contributed by atoms with Gasteiger partial charge in [0.25, 0.3) is 0 Å². The summed E-state index contributed by atoms with van der Waals surface area (Å²) >= 11 is 0. The summed E-state index contributed by atoms with van der Waals surface area (Å²) in [5, 5.41) is 0. The van der Waals surface area contributed by atoms with Crippen LogP contribution in [0.4, 0.5) is 17.6 Å². The van der Waals surface area contributed by atoms with Crippen LogP contribution in [0.15, 0.2) is 42.5 Å². The Hall–Kier alpha value is -1.84. The standard InChI is InChI=1S/C18H18F4/c1-4-12-8-9-14(11-16(12)18(20,21)22)17(2,3)13-6-5-7-15(19)10-13/h5-11H,4H2,1-3H3. The summed E-state index contributed by atoms with van der Waals surface area (Å²) in [4.78, 5) is 0. The molecule has 0 spiro atoms. The molecule has 0 bridgehead atoms. The normalized spacial score (nSPS) is 12.5. The molecule has 0 radical (unpaired) electrons. The third-order valence-electron chi connectivity index (χ3n) is 4.06. The molecule has 0 saturated carbocycles. The molecule has 0 unspecified atom stereocenters. The molecule has 22 heavy (non-hydrogen) atoms. The second-order valence-electron chi connectivity index (χ2n) is 5.86. The van der Waals surface area contributed by atoms with Gasteiger partial charge in [0.2, 0.25) is 0 Å². The summed E-state index contributed by atoms with van der Waals surface area (Å²) in [6.45, 7) is 5.29. The van der Waals surface area contributed by atoms with E-state index in [9.17, 15) is 17.6 Å². The van der Waals surface area contributed by atoms with E-state index in [-0.39, 0.29) is 5.56 Å². The van der Waals surface area contributed by atoms with Gasteiger partial charge in [-0.05, 0) is 41.3 Å². The Morgan fingerprint density at radius 3 is 2.09 bits per heavy atom. The smallest absolute Gasteiger partial charge is 0.207 e. The van der Waals surface area contributed by atoms with Crippen LogP contribution < -0.4 is 0 Å². The van der Waals surface area contributed by atoms with Gasteiger partial charge in [-0.25, -0.2) is 4.39 Å². The first-order valence-corrected chi connectivity index (χ1v) is 7.13. The van der Waals surface area contributed by atoms with E-state index in [1.807, 2.05) is 0 Å². The number of alkyl halides is 3. The molecule has 0 aliphatic carbocycles. The fraction of sp³-hybridized carbons (Fsp3) is 0.333. The number of halogens is 4. The highest BCUT2D eigenvalue weighted by atomic mass is 19.4. The fourth-order valence-electron chi connectivity index (χ4n) is 2.58. The van der Waals surface area contributed by atoms with E-state index < -0.39 is 23.0 Å². The Morgan fingerprint density at radius 1 is 0.909 bits per heavy atom. The Morgan fingerprint density at radius 2 is 1.55 bits per heavy atom. The van der Waals surface area contributed by atoms with Crippen molar-refractivity contribution in [2.24, 2.45) is 0 Å². The lowest BCUT2D eigenvalue weighted by molar-refractivity contribution is -0.138. The van der Waals surface area contributed by atoms with Gasteiger partial charge in [-0.3, -0.25) is 0 Å². The maximum Gasteiger partial charge on any atom is 0.416 e. The average Bonchev–Trinajstić information content (AvgIpc) is 2.45. The minimum atomic E-state index is -4.39. The average molecular weight is 310 g/mol. The SMILES string of the molecule is CCc1ccc(C(C)(C)c2cccc(F)c2)cc1C(F)(F)F. The van der Waals surface area contributed by atoms with Gasteiger partial charge in [0.1, 0.15) is 5.82 Å². The van der Waals surface area contributed by atoms with Gasteiger partial charge in [0.05, 0.1) is 5.56 Å². The van der Waals surface area contributed by atoms with Crippen LogP contribution in [0.2, 0.25) is 0 Å². The summed E-state index contributed by atoms with van der Waals surface area (Å²) in [5.41, 5.74) is 0.102. The van der Waals surface area contributed by atoms with E-state index in [1.54, 1.807) is 39.0 Å².